The van der Waals surface area contributed by atoms with Gasteiger partial charge >= 0.3 is 0 Å². The van der Waals surface area contributed by atoms with Gasteiger partial charge in [0, 0.05) is 26.4 Å². The molecule has 0 spiro atoms. The molecule has 7 nitrogen and oxygen atoms in total. The van der Waals surface area contributed by atoms with E-state index in [9.17, 15) is 4.79 Å². The molecule has 22 heavy (non-hydrogen) atoms. The quantitative estimate of drug-likeness (QED) is 0.803. The van der Waals surface area contributed by atoms with Crippen LogP contribution in [0.5, 0.6) is 11.5 Å². The first-order chi connectivity index (χ1) is 10.5. The predicted octanol–water partition coefficient (Wildman–Crippen LogP) is 1.47. The highest BCUT2D eigenvalue weighted by molar-refractivity contribution is 6.05. The third-order valence-corrected chi connectivity index (χ3v) is 3.66. The summed E-state index contributed by atoms with van der Waals surface area (Å²) >= 11 is 0. The van der Waals surface area contributed by atoms with E-state index in [0.29, 0.717) is 23.7 Å². The second-order valence-electron chi connectivity index (χ2n) is 4.94. The first kappa shape index (κ1) is 16.4. The maximum atomic E-state index is 12.5. The van der Waals surface area contributed by atoms with E-state index in [1.165, 1.54) is 0 Å². The number of ether oxygens (including phenoxy) is 4. The van der Waals surface area contributed by atoms with Crippen molar-refractivity contribution in [3.05, 3.63) is 12.1 Å². The molecule has 1 aromatic rings. The lowest BCUT2D eigenvalue weighted by Gasteiger charge is -2.35. The number of anilines is 2. The largest absolute Gasteiger partial charge is 0.493 e. The van der Waals surface area contributed by atoms with Crippen LogP contribution in [-0.2, 0) is 14.3 Å². The Labute approximate surface area is 130 Å². The van der Waals surface area contributed by atoms with Crippen molar-refractivity contribution in [2.24, 2.45) is 0 Å². The molecular weight excluding hydrogens is 288 g/mol. The molecule has 0 bridgehead atoms. The fourth-order valence-corrected chi connectivity index (χ4v) is 2.44. The van der Waals surface area contributed by atoms with Crippen LogP contribution in [0.1, 0.15) is 6.92 Å². The number of hydrogen-bond donors (Lipinski definition) is 1. The van der Waals surface area contributed by atoms with E-state index >= 15 is 0 Å². The summed E-state index contributed by atoms with van der Waals surface area (Å²) in [5.74, 6) is 1.10. The fraction of sp³-hybridized carbons (Fsp3) is 0.533. The van der Waals surface area contributed by atoms with Crippen LogP contribution >= 0.6 is 0 Å². The van der Waals surface area contributed by atoms with E-state index in [0.717, 1.165) is 5.69 Å². The van der Waals surface area contributed by atoms with Gasteiger partial charge < -0.3 is 29.2 Å². The Balaban J connectivity index is 2.45. The Morgan fingerprint density at radius 3 is 2.27 bits per heavy atom. The molecule has 0 aliphatic carbocycles. The van der Waals surface area contributed by atoms with Crippen molar-refractivity contribution in [2.45, 2.75) is 19.3 Å². The SMILES string of the molecule is COc1cc2c(cc1OC)N(CC(OC)OC)C(=O)C(C)N2. The summed E-state index contributed by atoms with van der Waals surface area (Å²) in [5, 5.41) is 3.17. The zero-order valence-electron chi connectivity index (χ0n) is 13.5. The van der Waals surface area contributed by atoms with Gasteiger partial charge in [0.25, 0.3) is 0 Å². The van der Waals surface area contributed by atoms with Crippen molar-refractivity contribution in [1.29, 1.82) is 0 Å². The molecule has 1 aromatic carbocycles. The summed E-state index contributed by atoms with van der Waals surface area (Å²) < 4.78 is 21.0. The second kappa shape index (κ2) is 6.85. The van der Waals surface area contributed by atoms with Crippen molar-refractivity contribution in [3.8, 4) is 11.5 Å². The maximum Gasteiger partial charge on any atom is 0.249 e. The topological polar surface area (TPSA) is 69.3 Å². The average Bonchev–Trinajstić information content (AvgIpc) is 2.54. The van der Waals surface area contributed by atoms with E-state index in [4.69, 9.17) is 18.9 Å². The molecule has 1 aliphatic rings. The molecular formula is C15H22N2O5. The van der Waals surface area contributed by atoms with Crippen LogP contribution < -0.4 is 19.7 Å². The number of nitrogens with one attached hydrogen (secondary N) is 1. The highest BCUT2D eigenvalue weighted by Gasteiger charge is 2.32. The molecule has 0 saturated heterocycles. The molecule has 0 fully saturated rings. The van der Waals surface area contributed by atoms with E-state index in [1.807, 2.05) is 13.0 Å². The lowest BCUT2D eigenvalue weighted by Crippen LogP contribution is -2.49. The van der Waals surface area contributed by atoms with E-state index < -0.39 is 6.29 Å². The summed E-state index contributed by atoms with van der Waals surface area (Å²) in [5.41, 5.74) is 1.51. The normalized spacial score (nSPS) is 17.3. The van der Waals surface area contributed by atoms with Crippen LogP contribution in [0.25, 0.3) is 0 Å². The predicted molar refractivity (Wildman–Crippen MR) is 82.8 cm³/mol. The lowest BCUT2D eigenvalue weighted by molar-refractivity contribution is -0.123. The lowest BCUT2D eigenvalue weighted by atomic mass is 10.1. The molecule has 7 heteroatoms. The second-order valence-corrected chi connectivity index (χ2v) is 4.94. The smallest absolute Gasteiger partial charge is 0.249 e. The maximum absolute atomic E-state index is 12.5. The van der Waals surface area contributed by atoms with Gasteiger partial charge in [0.1, 0.15) is 6.04 Å². The Hall–Kier alpha value is -1.99. The number of fused-ring (bicyclic) bond motifs is 1. The Morgan fingerprint density at radius 2 is 1.73 bits per heavy atom. The highest BCUT2D eigenvalue weighted by atomic mass is 16.7. The van der Waals surface area contributed by atoms with Gasteiger partial charge in [-0.05, 0) is 6.92 Å². The van der Waals surface area contributed by atoms with Crippen LogP contribution in [0.2, 0.25) is 0 Å². The molecule has 1 atom stereocenters. The number of amides is 1. The Morgan fingerprint density at radius 1 is 1.14 bits per heavy atom. The van der Waals surface area contributed by atoms with Gasteiger partial charge in [-0.25, -0.2) is 0 Å². The zero-order valence-corrected chi connectivity index (χ0v) is 13.5. The summed E-state index contributed by atoms with van der Waals surface area (Å²) in [7, 11) is 6.22. The highest BCUT2D eigenvalue weighted by Crippen LogP contribution is 2.41. The first-order valence-electron chi connectivity index (χ1n) is 6.95. The van der Waals surface area contributed by atoms with E-state index in [-0.39, 0.29) is 11.9 Å². The van der Waals surface area contributed by atoms with Crippen LogP contribution in [0.3, 0.4) is 0 Å². The van der Waals surface area contributed by atoms with Crippen LogP contribution in [0.15, 0.2) is 12.1 Å². The standard InChI is InChI=1S/C15H22N2O5/c1-9-15(18)17(8-14(21-4)22-5)11-7-13(20-3)12(19-2)6-10(11)16-9/h6-7,9,14,16H,8H2,1-5H3. The molecule has 122 valence electrons. The van der Waals surface area contributed by atoms with E-state index in [2.05, 4.69) is 5.32 Å². The first-order valence-corrected chi connectivity index (χ1v) is 6.95. The molecule has 2 rings (SSSR count). The number of rotatable bonds is 6. The van der Waals surface area contributed by atoms with Gasteiger partial charge in [-0.1, -0.05) is 0 Å². The molecule has 0 saturated carbocycles. The summed E-state index contributed by atoms with van der Waals surface area (Å²) in [6.45, 7) is 2.10. The zero-order chi connectivity index (χ0) is 16.3. The van der Waals surface area contributed by atoms with Gasteiger partial charge in [-0.2, -0.15) is 0 Å². The Bertz CT molecular complexity index is 545. The monoisotopic (exact) mass is 310 g/mol. The minimum Gasteiger partial charge on any atom is -0.493 e. The summed E-state index contributed by atoms with van der Waals surface area (Å²) in [6, 6.07) is 3.24. The summed E-state index contributed by atoms with van der Waals surface area (Å²) in [6.07, 6.45) is -0.504. The van der Waals surface area contributed by atoms with Crippen molar-refractivity contribution < 1.29 is 23.7 Å². The van der Waals surface area contributed by atoms with Crippen molar-refractivity contribution in [1.82, 2.24) is 0 Å². The number of methoxy groups -OCH3 is 4. The number of carbonyl (C=O) groups excluding carboxylic acids is 1. The molecule has 0 aromatic heterocycles. The van der Waals surface area contributed by atoms with Gasteiger partial charge in [-0.3, -0.25) is 4.79 Å². The van der Waals surface area contributed by atoms with Crippen molar-refractivity contribution in [3.63, 3.8) is 0 Å². The fourth-order valence-electron chi connectivity index (χ4n) is 2.44. The third kappa shape index (κ3) is 2.95. The van der Waals surface area contributed by atoms with Gasteiger partial charge in [0.15, 0.2) is 17.8 Å². The number of benzene rings is 1. The summed E-state index contributed by atoms with van der Waals surface area (Å²) in [4.78, 5) is 14.1. The Kier molecular flexibility index (Phi) is 5.10. The van der Waals surface area contributed by atoms with Gasteiger partial charge in [-0.15, -0.1) is 0 Å². The minimum atomic E-state index is -0.504. The van der Waals surface area contributed by atoms with Crippen LogP contribution in [-0.4, -0.2) is 53.2 Å². The molecule has 0 radical (unpaired) electrons. The molecule has 1 N–H and O–H groups in total. The van der Waals surface area contributed by atoms with Crippen LogP contribution in [0.4, 0.5) is 11.4 Å². The molecule has 1 unspecified atom stereocenters. The molecule has 1 heterocycles. The van der Waals surface area contributed by atoms with Crippen LogP contribution in [0, 0.1) is 0 Å². The van der Waals surface area contributed by atoms with Gasteiger partial charge in [0.05, 0.1) is 32.1 Å². The number of nitrogens with zero attached hydrogens (tertiary/aromatic N) is 1. The minimum absolute atomic E-state index is 0.0566. The number of carbonyl (C=O) groups is 1. The van der Waals surface area contributed by atoms with Gasteiger partial charge in [0.2, 0.25) is 5.91 Å². The molecule has 1 amide bonds. The molecule has 1 aliphatic heterocycles. The third-order valence-electron chi connectivity index (χ3n) is 3.66. The average molecular weight is 310 g/mol. The van der Waals surface area contributed by atoms with Crippen molar-refractivity contribution in [2.75, 3.05) is 45.2 Å². The van der Waals surface area contributed by atoms with E-state index in [1.54, 1.807) is 39.4 Å². The van der Waals surface area contributed by atoms with Crippen molar-refractivity contribution >= 4 is 17.3 Å². The number of hydrogen-bond acceptors (Lipinski definition) is 6.